The van der Waals surface area contributed by atoms with Crippen LogP contribution in [-0.2, 0) is 11.2 Å². The number of aromatic nitrogens is 1. The van der Waals surface area contributed by atoms with Crippen LogP contribution in [0.3, 0.4) is 0 Å². The SMILES string of the molecule is CC(=O)NCCc1ccc(-c2csc(NC(=O)c3ccc(Cl)cc3)n2)cc1. The molecule has 27 heavy (non-hydrogen) atoms. The fourth-order valence-corrected chi connectivity index (χ4v) is 3.30. The highest BCUT2D eigenvalue weighted by molar-refractivity contribution is 7.14. The van der Waals surface area contributed by atoms with E-state index in [0.29, 0.717) is 22.3 Å². The van der Waals surface area contributed by atoms with Crippen LogP contribution in [0.2, 0.25) is 5.02 Å². The Morgan fingerprint density at radius 3 is 2.44 bits per heavy atom. The predicted octanol–water partition coefficient (Wildman–Crippen LogP) is 4.39. The van der Waals surface area contributed by atoms with Gasteiger partial charge in [-0.25, -0.2) is 4.98 Å². The molecule has 1 aromatic heterocycles. The van der Waals surface area contributed by atoms with Crippen molar-refractivity contribution in [1.82, 2.24) is 10.3 Å². The zero-order valence-electron chi connectivity index (χ0n) is 14.7. The molecule has 0 saturated heterocycles. The number of amides is 2. The molecule has 2 amide bonds. The summed E-state index contributed by atoms with van der Waals surface area (Å²) in [5.41, 5.74) is 3.44. The van der Waals surface area contributed by atoms with Crippen molar-refractivity contribution >= 4 is 39.9 Å². The minimum absolute atomic E-state index is 0.0257. The van der Waals surface area contributed by atoms with Crippen LogP contribution in [0.15, 0.2) is 53.9 Å². The van der Waals surface area contributed by atoms with E-state index in [1.165, 1.54) is 18.3 Å². The number of carbonyl (C=O) groups excluding carboxylic acids is 2. The zero-order valence-corrected chi connectivity index (χ0v) is 16.2. The second kappa shape index (κ2) is 8.79. The fourth-order valence-electron chi connectivity index (χ4n) is 2.46. The summed E-state index contributed by atoms with van der Waals surface area (Å²) in [5.74, 6) is -0.247. The van der Waals surface area contributed by atoms with Crippen molar-refractivity contribution in [3.05, 3.63) is 70.1 Å². The number of thiazole rings is 1. The average molecular weight is 400 g/mol. The number of benzene rings is 2. The van der Waals surface area contributed by atoms with E-state index in [9.17, 15) is 9.59 Å². The summed E-state index contributed by atoms with van der Waals surface area (Å²) in [7, 11) is 0. The van der Waals surface area contributed by atoms with Crippen LogP contribution in [0, 0.1) is 0 Å². The lowest BCUT2D eigenvalue weighted by atomic mass is 10.1. The summed E-state index contributed by atoms with van der Waals surface area (Å²) in [6.07, 6.45) is 0.777. The number of nitrogens with zero attached hydrogens (tertiary/aromatic N) is 1. The lowest BCUT2D eigenvalue weighted by molar-refractivity contribution is -0.118. The van der Waals surface area contributed by atoms with Crippen molar-refractivity contribution in [2.75, 3.05) is 11.9 Å². The minimum atomic E-state index is -0.221. The molecular formula is C20H18ClN3O2S. The molecule has 3 rings (SSSR count). The van der Waals surface area contributed by atoms with Gasteiger partial charge in [-0.3, -0.25) is 14.9 Å². The van der Waals surface area contributed by atoms with Crippen LogP contribution in [0.25, 0.3) is 11.3 Å². The molecule has 7 heteroatoms. The number of anilines is 1. The number of hydrogen-bond acceptors (Lipinski definition) is 4. The first-order valence-corrected chi connectivity index (χ1v) is 9.63. The highest BCUT2D eigenvalue weighted by Gasteiger charge is 2.10. The smallest absolute Gasteiger partial charge is 0.257 e. The second-order valence-corrected chi connectivity index (χ2v) is 7.22. The molecule has 0 fully saturated rings. The van der Waals surface area contributed by atoms with Gasteiger partial charge in [0.1, 0.15) is 0 Å². The van der Waals surface area contributed by atoms with E-state index in [-0.39, 0.29) is 11.8 Å². The number of hydrogen-bond donors (Lipinski definition) is 2. The largest absolute Gasteiger partial charge is 0.356 e. The molecule has 3 aromatic rings. The van der Waals surface area contributed by atoms with E-state index in [0.717, 1.165) is 23.2 Å². The molecule has 2 N–H and O–H groups in total. The van der Waals surface area contributed by atoms with Gasteiger partial charge in [0.2, 0.25) is 5.91 Å². The topological polar surface area (TPSA) is 71.1 Å². The van der Waals surface area contributed by atoms with Crippen molar-refractivity contribution in [2.45, 2.75) is 13.3 Å². The molecule has 0 atom stereocenters. The number of carbonyl (C=O) groups is 2. The van der Waals surface area contributed by atoms with E-state index in [2.05, 4.69) is 15.6 Å². The summed E-state index contributed by atoms with van der Waals surface area (Å²) >= 11 is 7.22. The maximum absolute atomic E-state index is 12.2. The van der Waals surface area contributed by atoms with Gasteiger partial charge in [-0.1, -0.05) is 35.9 Å². The first-order chi connectivity index (χ1) is 13.0. The standard InChI is InChI=1S/C20H18ClN3O2S/c1-13(25)22-11-10-14-2-4-15(5-3-14)18-12-27-20(23-18)24-19(26)16-6-8-17(21)9-7-16/h2-9,12H,10-11H2,1H3,(H,22,25)(H,23,24,26). The molecule has 1 heterocycles. The van der Waals surface area contributed by atoms with E-state index < -0.39 is 0 Å². The predicted molar refractivity (Wildman–Crippen MR) is 109 cm³/mol. The van der Waals surface area contributed by atoms with Crippen LogP contribution in [-0.4, -0.2) is 23.3 Å². The summed E-state index contributed by atoms with van der Waals surface area (Å²) in [6, 6.07) is 14.7. The Kier molecular flexibility index (Phi) is 6.21. The zero-order chi connectivity index (χ0) is 19.2. The first-order valence-electron chi connectivity index (χ1n) is 8.37. The molecule has 0 spiro atoms. The molecule has 2 aromatic carbocycles. The van der Waals surface area contributed by atoms with E-state index in [1.807, 2.05) is 29.6 Å². The molecule has 0 aliphatic rings. The summed E-state index contributed by atoms with van der Waals surface area (Å²) in [6.45, 7) is 2.13. The van der Waals surface area contributed by atoms with Gasteiger partial charge in [0, 0.05) is 35.0 Å². The maximum atomic E-state index is 12.2. The lowest BCUT2D eigenvalue weighted by Gasteiger charge is -2.04. The second-order valence-electron chi connectivity index (χ2n) is 5.93. The highest BCUT2D eigenvalue weighted by atomic mass is 35.5. The molecular weight excluding hydrogens is 382 g/mol. The van der Waals surface area contributed by atoms with Crippen LogP contribution in [0.4, 0.5) is 5.13 Å². The Labute approximate surface area is 166 Å². The number of rotatable bonds is 6. The third kappa shape index (κ3) is 5.39. The van der Waals surface area contributed by atoms with E-state index in [1.54, 1.807) is 24.3 Å². The average Bonchev–Trinajstić information content (AvgIpc) is 3.11. The maximum Gasteiger partial charge on any atom is 0.257 e. The van der Waals surface area contributed by atoms with E-state index >= 15 is 0 Å². The normalized spacial score (nSPS) is 10.4. The Morgan fingerprint density at radius 1 is 1.07 bits per heavy atom. The van der Waals surface area contributed by atoms with Crippen LogP contribution in [0.1, 0.15) is 22.8 Å². The molecule has 0 unspecified atom stereocenters. The minimum Gasteiger partial charge on any atom is -0.356 e. The third-order valence-corrected chi connectivity index (χ3v) is 4.88. The molecule has 138 valence electrons. The summed E-state index contributed by atoms with van der Waals surface area (Å²) in [4.78, 5) is 27.6. The molecule has 0 saturated carbocycles. The van der Waals surface area contributed by atoms with Crippen molar-refractivity contribution in [3.8, 4) is 11.3 Å². The van der Waals surface area contributed by atoms with E-state index in [4.69, 9.17) is 11.6 Å². The van der Waals surface area contributed by atoms with Gasteiger partial charge in [0.15, 0.2) is 5.13 Å². The molecule has 0 aliphatic heterocycles. The number of nitrogens with one attached hydrogen (secondary N) is 2. The molecule has 0 aliphatic carbocycles. The van der Waals surface area contributed by atoms with Crippen LogP contribution < -0.4 is 10.6 Å². The third-order valence-electron chi connectivity index (χ3n) is 3.87. The van der Waals surface area contributed by atoms with Gasteiger partial charge in [0.25, 0.3) is 5.91 Å². The van der Waals surface area contributed by atoms with Crippen molar-refractivity contribution in [1.29, 1.82) is 0 Å². The number of halogens is 1. The Hall–Kier alpha value is -2.70. The van der Waals surface area contributed by atoms with Crippen molar-refractivity contribution in [2.24, 2.45) is 0 Å². The van der Waals surface area contributed by atoms with Gasteiger partial charge in [-0.15, -0.1) is 11.3 Å². The van der Waals surface area contributed by atoms with Crippen LogP contribution >= 0.6 is 22.9 Å². The van der Waals surface area contributed by atoms with Gasteiger partial charge in [-0.05, 0) is 36.2 Å². The Morgan fingerprint density at radius 2 is 1.78 bits per heavy atom. The summed E-state index contributed by atoms with van der Waals surface area (Å²) in [5, 5.41) is 8.62. The van der Waals surface area contributed by atoms with Gasteiger partial charge < -0.3 is 5.32 Å². The molecule has 0 bridgehead atoms. The van der Waals surface area contributed by atoms with Crippen molar-refractivity contribution in [3.63, 3.8) is 0 Å². The Balaban J connectivity index is 1.62. The highest BCUT2D eigenvalue weighted by Crippen LogP contribution is 2.25. The Bertz CT molecular complexity index is 937. The van der Waals surface area contributed by atoms with Gasteiger partial charge >= 0.3 is 0 Å². The lowest BCUT2D eigenvalue weighted by Crippen LogP contribution is -2.22. The quantitative estimate of drug-likeness (QED) is 0.645. The van der Waals surface area contributed by atoms with Gasteiger partial charge in [0.05, 0.1) is 5.69 Å². The summed E-state index contributed by atoms with van der Waals surface area (Å²) < 4.78 is 0. The first kappa shape index (κ1) is 19.1. The molecule has 5 nitrogen and oxygen atoms in total. The van der Waals surface area contributed by atoms with Crippen molar-refractivity contribution < 1.29 is 9.59 Å². The van der Waals surface area contributed by atoms with Gasteiger partial charge in [-0.2, -0.15) is 0 Å². The monoisotopic (exact) mass is 399 g/mol. The van der Waals surface area contributed by atoms with Crippen LogP contribution in [0.5, 0.6) is 0 Å². The molecule has 0 radical (unpaired) electrons. The fraction of sp³-hybridized carbons (Fsp3) is 0.150.